The Bertz CT molecular complexity index is 829. The molecule has 1 aromatic heterocycles. The zero-order chi connectivity index (χ0) is 20.0. The van der Waals surface area contributed by atoms with Crippen molar-refractivity contribution in [1.82, 2.24) is 9.55 Å². The Balaban J connectivity index is 2.04. The van der Waals surface area contributed by atoms with E-state index in [1.165, 1.54) is 6.07 Å². The van der Waals surface area contributed by atoms with Crippen LogP contribution in [0.5, 0.6) is 6.01 Å². The van der Waals surface area contributed by atoms with E-state index in [1.54, 1.807) is 10.8 Å². The molecule has 1 unspecified atom stereocenters. The smallest absolute Gasteiger partial charge is 0.302 e. The summed E-state index contributed by atoms with van der Waals surface area (Å²) >= 11 is 0. The molecule has 10 heteroatoms. The van der Waals surface area contributed by atoms with Gasteiger partial charge in [-0.2, -0.15) is 4.98 Å². The largest absolute Gasteiger partial charge is 0.458 e. The second kappa shape index (κ2) is 6.63. The molecule has 148 valence electrons. The third-order valence-electron chi connectivity index (χ3n) is 6.03. The molecule has 0 spiro atoms. The summed E-state index contributed by atoms with van der Waals surface area (Å²) < 4.78 is 20.8. The van der Waals surface area contributed by atoms with Crippen LogP contribution in [0.15, 0.2) is 22.2 Å². The van der Waals surface area contributed by atoms with Crippen molar-refractivity contribution < 1.29 is 13.9 Å². The van der Waals surface area contributed by atoms with Gasteiger partial charge in [-0.05, 0) is 30.6 Å². The van der Waals surface area contributed by atoms with Gasteiger partial charge in [0.15, 0.2) is 8.32 Å². The molecule has 27 heavy (non-hydrogen) atoms. The molecule has 0 N–H and O–H groups in total. The highest BCUT2D eigenvalue weighted by Crippen LogP contribution is 2.48. The molecule has 3 rings (SSSR count). The topological polar surface area (TPSA) is 111 Å². The Morgan fingerprint density at radius 3 is 2.85 bits per heavy atom. The Morgan fingerprint density at radius 1 is 1.52 bits per heavy atom. The van der Waals surface area contributed by atoms with Crippen molar-refractivity contribution in [3.05, 3.63) is 33.1 Å². The van der Waals surface area contributed by atoms with Crippen molar-refractivity contribution in [3.8, 4) is 6.01 Å². The number of aromatic nitrogens is 2. The number of hydrogen-bond donors (Lipinski definition) is 0. The van der Waals surface area contributed by atoms with Crippen LogP contribution < -0.4 is 10.3 Å². The minimum absolute atomic E-state index is 0.0214. The Hall–Kier alpha value is -1.87. The van der Waals surface area contributed by atoms with Crippen LogP contribution in [0, 0.1) is 0 Å². The molecule has 3 heterocycles. The van der Waals surface area contributed by atoms with Crippen molar-refractivity contribution in [3.63, 3.8) is 0 Å². The lowest BCUT2D eigenvalue weighted by Crippen LogP contribution is -2.58. The molecule has 9 nitrogen and oxygen atoms in total. The average molecular weight is 394 g/mol. The van der Waals surface area contributed by atoms with E-state index in [4.69, 9.17) is 19.4 Å². The summed E-state index contributed by atoms with van der Waals surface area (Å²) in [5.74, 6) is 0. The van der Waals surface area contributed by atoms with Gasteiger partial charge in [-0.3, -0.25) is 9.36 Å². The van der Waals surface area contributed by atoms with Crippen molar-refractivity contribution >= 4 is 8.32 Å². The fourth-order valence-electron chi connectivity index (χ4n) is 3.34. The van der Waals surface area contributed by atoms with Gasteiger partial charge >= 0.3 is 6.01 Å². The van der Waals surface area contributed by atoms with Gasteiger partial charge in [-0.25, -0.2) is 0 Å². The maximum absolute atomic E-state index is 11.6. The highest BCUT2D eigenvalue weighted by Gasteiger charge is 2.58. The van der Waals surface area contributed by atoms with E-state index in [2.05, 4.69) is 48.9 Å². The van der Waals surface area contributed by atoms with Crippen molar-refractivity contribution in [2.24, 2.45) is 5.11 Å². The SMILES string of the molecule is C[C@H]1Oc2nc(=O)ccn2[C@H]2CC(O[Si](C)(C)C(C)(C)C)[C@]1(CN=[N+]=[N-])O2. The summed E-state index contributed by atoms with van der Waals surface area (Å²) in [6.45, 7) is 12.8. The zero-order valence-corrected chi connectivity index (χ0v) is 17.7. The molecule has 2 aliphatic heterocycles. The maximum Gasteiger partial charge on any atom is 0.302 e. The standard InChI is InChI=1S/C17H27N5O4Si/c1-11-17(10-19-21-18)12(26-27(5,6)16(2,3)4)9-14(25-17)22-8-7-13(23)20-15(22)24-11/h7-8,11-12,14H,9-10H2,1-6H3/t11-,12?,14-,17-/m1/s1. The molecule has 0 aromatic carbocycles. The highest BCUT2D eigenvalue weighted by atomic mass is 28.4. The quantitative estimate of drug-likeness (QED) is 0.337. The third-order valence-corrected chi connectivity index (χ3v) is 10.5. The zero-order valence-electron chi connectivity index (χ0n) is 16.7. The normalized spacial score (nSPS) is 30.1. The maximum atomic E-state index is 11.6. The third kappa shape index (κ3) is 3.38. The first-order valence-corrected chi connectivity index (χ1v) is 12.0. The molecule has 1 saturated heterocycles. The molecule has 0 radical (unpaired) electrons. The van der Waals surface area contributed by atoms with Crippen LogP contribution in [0.25, 0.3) is 10.4 Å². The number of nitrogens with zero attached hydrogens (tertiary/aromatic N) is 5. The van der Waals surface area contributed by atoms with Gasteiger partial charge in [0.1, 0.15) is 17.9 Å². The minimum atomic E-state index is -2.11. The second-order valence-corrected chi connectivity index (χ2v) is 13.5. The molecular formula is C17H27N5O4Si. The summed E-state index contributed by atoms with van der Waals surface area (Å²) in [6.07, 6.45) is 0.989. The van der Waals surface area contributed by atoms with Gasteiger partial charge in [-0.1, -0.05) is 25.9 Å². The number of hydrogen-bond acceptors (Lipinski definition) is 6. The second-order valence-electron chi connectivity index (χ2n) is 8.73. The highest BCUT2D eigenvalue weighted by molar-refractivity contribution is 6.74. The van der Waals surface area contributed by atoms with Gasteiger partial charge < -0.3 is 13.9 Å². The molecular weight excluding hydrogens is 366 g/mol. The van der Waals surface area contributed by atoms with Crippen LogP contribution in [0.4, 0.5) is 0 Å². The van der Waals surface area contributed by atoms with Crippen LogP contribution in [-0.4, -0.2) is 42.2 Å². The molecule has 4 atom stereocenters. The van der Waals surface area contributed by atoms with Crippen molar-refractivity contribution in [1.29, 1.82) is 0 Å². The van der Waals surface area contributed by atoms with E-state index in [-0.39, 0.29) is 29.3 Å². The van der Waals surface area contributed by atoms with Gasteiger partial charge in [0.2, 0.25) is 0 Å². The summed E-state index contributed by atoms with van der Waals surface area (Å²) in [5, 5.41) is 3.82. The van der Waals surface area contributed by atoms with Crippen LogP contribution in [-0.2, 0) is 9.16 Å². The number of rotatable bonds is 4. The van der Waals surface area contributed by atoms with Gasteiger partial charge in [0.25, 0.3) is 5.56 Å². The number of azide groups is 1. The van der Waals surface area contributed by atoms with E-state index in [0.717, 1.165) is 0 Å². The molecule has 2 aliphatic rings. The predicted molar refractivity (Wildman–Crippen MR) is 102 cm³/mol. The first-order valence-electron chi connectivity index (χ1n) is 9.12. The minimum Gasteiger partial charge on any atom is -0.458 e. The van der Waals surface area contributed by atoms with E-state index in [1.807, 2.05) is 6.92 Å². The lowest BCUT2D eigenvalue weighted by Gasteiger charge is -2.44. The fraction of sp³-hybridized carbons (Fsp3) is 0.765. The lowest BCUT2D eigenvalue weighted by atomic mass is 9.91. The molecule has 1 fully saturated rings. The lowest BCUT2D eigenvalue weighted by molar-refractivity contribution is -0.126. The number of ether oxygens (including phenoxy) is 2. The van der Waals surface area contributed by atoms with Gasteiger partial charge in [0.05, 0.1) is 12.6 Å². The van der Waals surface area contributed by atoms with Gasteiger partial charge in [0, 0.05) is 23.6 Å². The van der Waals surface area contributed by atoms with E-state index >= 15 is 0 Å². The average Bonchev–Trinajstić information content (AvgIpc) is 2.85. The first-order chi connectivity index (χ1) is 12.5. The summed E-state index contributed by atoms with van der Waals surface area (Å²) in [5.41, 5.74) is 7.59. The van der Waals surface area contributed by atoms with Crippen LogP contribution >= 0.6 is 0 Å². The predicted octanol–water partition coefficient (Wildman–Crippen LogP) is 3.38. The van der Waals surface area contributed by atoms with Crippen LogP contribution in [0.2, 0.25) is 18.1 Å². The molecule has 1 aromatic rings. The monoisotopic (exact) mass is 393 g/mol. The van der Waals surface area contributed by atoms with E-state index < -0.39 is 26.3 Å². The van der Waals surface area contributed by atoms with Gasteiger partial charge in [-0.15, -0.1) is 0 Å². The Labute approximate surface area is 159 Å². The Kier molecular flexibility index (Phi) is 4.88. The summed E-state index contributed by atoms with van der Waals surface area (Å²) in [4.78, 5) is 18.5. The summed E-state index contributed by atoms with van der Waals surface area (Å²) in [6, 6.07) is 1.59. The van der Waals surface area contributed by atoms with Crippen LogP contribution in [0.1, 0.15) is 40.3 Å². The van der Waals surface area contributed by atoms with Crippen molar-refractivity contribution in [2.75, 3.05) is 6.54 Å². The fourth-order valence-corrected chi connectivity index (χ4v) is 4.70. The van der Waals surface area contributed by atoms with E-state index in [0.29, 0.717) is 6.42 Å². The van der Waals surface area contributed by atoms with E-state index in [9.17, 15) is 4.79 Å². The van der Waals surface area contributed by atoms with Crippen LogP contribution in [0.3, 0.4) is 0 Å². The summed E-state index contributed by atoms with van der Waals surface area (Å²) in [7, 11) is -2.11. The molecule has 0 aliphatic carbocycles. The molecule has 0 amide bonds. The number of fused-ring (bicyclic) bond motifs is 4. The van der Waals surface area contributed by atoms with Crippen molar-refractivity contribution in [2.45, 2.75) is 76.3 Å². The Morgan fingerprint density at radius 2 is 2.22 bits per heavy atom. The molecule has 2 bridgehead atoms. The molecule has 0 saturated carbocycles. The first kappa shape index (κ1) is 19.9.